The quantitative estimate of drug-likeness (QED) is 0.566. The van der Waals surface area contributed by atoms with E-state index in [9.17, 15) is 9.90 Å². The van der Waals surface area contributed by atoms with Crippen LogP contribution in [-0.4, -0.2) is 83.6 Å². The van der Waals surface area contributed by atoms with Crippen molar-refractivity contribution in [1.29, 1.82) is 0 Å². The maximum atomic E-state index is 12.9. The van der Waals surface area contributed by atoms with Gasteiger partial charge >= 0.3 is 0 Å². The number of ether oxygens (including phenoxy) is 1. The number of rotatable bonds is 6. The Morgan fingerprint density at radius 2 is 1.97 bits per heavy atom. The minimum atomic E-state index is -0.304. The number of phenolic OH excluding ortho intramolecular Hbond substituents is 1. The average Bonchev–Trinajstić information content (AvgIpc) is 3.31. The van der Waals surface area contributed by atoms with Crippen molar-refractivity contribution in [1.82, 2.24) is 19.4 Å². The Balaban J connectivity index is 1.41. The minimum absolute atomic E-state index is 0.0605. The van der Waals surface area contributed by atoms with E-state index in [-0.39, 0.29) is 22.9 Å². The number of aryl methyl sites for hydroxylation is 1. The summed E-state index contributed by atoms with van der Waals surface area (Å²) in [6.45, 7) is 6.16. The predicted molar refractivity (Wildman–Crippen MR) is 134 cm³/mol. The molecule has 0 aliphatic carbocycles. The lowest BCUT2D eigenvalue weighted by molar-refractivity contribution is 0.101. The van der Waals surface area contributed by atoms with Gasteiger partial charge in [0.25, 0.3) is 0 Å². The Labute approximate surface area is 199 Å². The van der Waals surface area contributed by atoms with Gasteiger partial charge in [0, 0.05) is 62.3 Å². The Bertz CT molecular complexity index is 1250. The van der Waals surface area contributed by atoms with Crippen LogP contribution in [0, 0.1) is 0 Å². The van der Waals surface area contributed by atoms with Gasteiger partial charge in [-0.3, -0.25) is 9.69 Å². The molecule has 0 unspecified atom stereocenters. The van der Waals surface area contributed by atoms with Crippen LogP contribution in [0.15, 0.2) is 42.4 Å². The molecular formula is C26H31N5O3. The predicted octanol–water partition coefficient (Wildman–Crippen LogP) is 2.97. The fourth-order valence-electron chi connectivity index (χ4n) is 4.87. The standard InChI is InChI=1S/C26H31N5O3/c1-28(2)10-5-11-30-12-14-31(15-13-30)19-8-9-27-26-23(19)18(17-29(26)3)16-22-25(33)24-20(32)6-4-7-21(24)34-22/h4,6-9,16-17,32H,5,10-15H2,1-3H3. The third-order valence-corrected chi connectivity index (χ3v) is 6.62. The topological polar surface area (TPSA) is 74.1 Å². The molecule has 1 aromatic carbocycles. The monoisotopic (exact) mass is 461 g/mol. The van der Waals surface area contributed by atoms with E-state index in [1.807, 2.05) is 24.0 Å². The molecule has 0 radical (unpaired) electrons. The highest BCUT2D eigenvalue weighted by Gasteiger charge is 2.31. The van der Waals surface area contributed by atoms with Gasteiger partial charge in [0.1, 0.15) is 22.7 Å². The van der Waals surface area contributed by atoms with Gasteiger partial charge in [-0.1, -0.05) is 6.07 Å². The number of aromatic hydroxyl groups is 1. The van der Waals surface area contributed by atoms with Crippen molar-refractivity contribution in [2.24, 2.45) is 7.05 Å². The number of piperazine rings is 1. The molecule has 34 heavy (non-hydrogen) atoms. The summed E-state index contributed by atoms with van der Waals surface area (Å²) in [5.41, 5.74) is 3.09. The van der Waals surface area contributed by atoms with Crippen LogP contribution in [0.25, 0.3) is 17.1 Å². The van der Waals surface area contributed by atoms with E-state index in [0.717, 1.165) is 61.6 Å². The summed E-state index contributed by atoms with van der Waals surface area (Å²) in [5.74, 6) is 0.237. The number of benzene rings is 1. The first kappa shape index (κ1) is 22.4. The summed E-state index contributed by atoms with van der Waals surface area (Å²) in [4.78, 5) is 24.7. The van der Waals surface area contributed by atoms with Gasteiger partial charge in [-0.25, -0.2) is 4.98 Å². The summed E-state index contributed by atoms with van der Waals surface area (Å²) in [6, 6.07) is 6.93. The molecule has 0 amide bonds. The van der Waals surface area contributed by atoms with Crippen LogP contribution in [0.3, 0.4) is 0 Å². The molecule has 1 fully saturated rings. The first-order valence-corrected chi connectivity index (χ1v) is 11.7. The normalized spacial score (nSPS) is 17.7. The lowest BCUT2D eigenvalue weighted by Crippen LogP contribution is -2.47. The van der Waals surface area contributed by atoms with Crippen molar-refractivity contribution >= 4 is 28.6 Å². The van der Waals surface area contributed by atoms with Crippen molar-refractivity contribution in [3.63, 3.8) is 0 Å². The summed E-state index contributed by atoms with van der Waals surface area (Å²) in [6.07, 6.45) is 6.77. The van der Waals surface area contributed by atoms with E-state index in [2.05, 4.69) is 39.8 Å². The van der Waals surface area contributed by atoms with Crippen LogP contribution in [0.4, 0.5) is 5.69 Å². The smallest absolute Gasteiger partial charge is 0.235 e. The number of aromatic nitrogens is 2. The zero-order valence-corrected chi connectivity index (χ0v) is 20.0. The van der Waals surface area contributed by atoms with Crippen molar-refractivity contribution in [2.75, 3.05) is 58.3 Å². The van der Waals surface area contributed by atoms with Crippen LogP contribution in [-0.2, 0) is 7.05 Å². The number of phenols is 1. The fraction of sp³-hybridized carbons (Fsp3) is 0.385. The van der Waals surface area contributed by atoms with E-state index in [0.29, 0.717) is 5.75 Å². The highest BCUT2D eigenvalue weighted by Crippen LogP contribution is 2.39. The third kappa shape index (κ3) is 4.15. The molecule has 1 saturated heterocycles. The van der Waals surface area contributed by atoms with Crippen molar-refractivity contribution < 1.29 is 14.6 Å². The maximum Gasteiger partial charge on any atom is 0.235 e. The molecule has 0 bridgehead atoms. The van der Waals surface area contributed by atoms with E-state index in [1.54, 1.807) is 18.2 Å². The van der Waals surface area contributed by atoms with Gasteiger partial charge in [-0.05, 0) is 57.9 Å². The van der Waals surface area contributed by atoms with E-state index >= 15 is 0 Å². The van der Waals surface area contributed by atoms with Crippen LogP contribution in [0.1, 0.15) is 22.3 Å². The summed E-state index contributed by atoms with van der Waals surface area (Å²) >= 11 is 0. The van der Waals surface area contributed by atoms with Gasteiger partial charge in [-0.15, -0.1) is 0 Å². The molecule has 178 valence electrons. The van der Waals surface area contributed by atoms with Crippen LogP contribution >= 0.6 is 0 Å². The highest BCUT2D eigenvalue weighted by molar-refractivity contribution is 6.17. The molecule has 0 saturated carbocycles. The summed E-state index contributed by atoms with van der Waals surface area (Å²) in [7, 11) is 6.19. The molecule has 8 nitrogen and oxygen atoms in total. The number of Topliss-reactive ketones (excluding diaryl/α,β-unsaturated/α-hetero) is 1. The molecule has 2 aliphatic heterocycles. The first-order valence-electron chi connectivity index (χ1n) is 11.7. The third-order valence-electron chi connectivity index (χ3n) is 6.62. The Hall–Kier alpha value is -3.36. The van der Waals surface area contributed by atoms with Gasteiger partial charge in [0.15, 0.2) is 5.76 Å². The fourth-order valence-corrected chi connectivity index (χ4v) is 4.87. The largest absolute Gasteiger partial charge is 0.507 e. The second-order valence-electron chi connectivity index (χ2n) is 9.30. The number of allylic oxidation sites excluding steroid dienone is 1. The molecule has 2 aliphatic rings. The van der Waals surface area contributed by atoms with E-state index < -0.39 is 0 Å². The second kappa shape index (κ2) is 9.12. The number of fused-ring (bicyclic) bond motifs is 2. The van der Waals surface area contributed by atoms with E-state index in [4.69, 9.17) is 4.74 Å². The van der Waals surface area contributed by atoms with Crippen molar-refractivity contribution in [2.45, 2.75) is 6.42 Å². The number of hydrogen-bond acceptors (Lipinski definition) is 7. The highest BCUT2D eigenvalue weighted by atomic mass is 16.5. The van der Waals surface area contributed by atoms with Crippen molar-refractivity contribution in [3.05, 3.63) is 53.5 Å². The molecular weight excluding hydrogens is 430 g/mol. The zero-order chi connectivity index (χ0) is 23.8. The van der Waals surface area contributed by atoms with Gasteiger partial charge in [0.2, 0.25) is 5.78 Å². The number of anilines is 1. The second-order valence-corrected chi connectivity index (χ2v) is 9.30. The summed E-state index contributed by atoms with van der Waals surface area (Å²) in [5, 5.41) is 11.1. The lowest BCUT2D eigenvalue weighted by atomic mass is 10.1. The van der Waals surface area contributed by atoms with Gasteiger partial charge in [0.05, 0.1) is 0 Å². The van der Waals surface area contributed by atoms with Crippen molar-refractivity contribution in [3.8, 4) is 11.5 Å². The number of nitrogens with zero attached hydrogens (tertiary/aromatic N) is 5. The molecule has 0 spiro atoms. The maximum absolute atomic E-state index is 12.9. The molecule has 8 heteroatoms. The molecule has 0 atom stereocenters. The Morgan fingerprint density at radius 1 is 1.18 bits per heavy atom. The van der Waals surface area contributed by atoms with Gasteiger partial charge in [-0.2, -0.15) is 0 Å². The lowest BCUT2D eigenvalue weighted by Gasteiger charge is -2.36. The van der Waals surface area contributed by atoms with Crippen LogP contribution < -0.4 is 9.64 Å². The molecule has 1 N–H and O–H groups in total. The first-order chi connectivity index (χ1) is 16.4. The minimum Gasteiger partial charge on any atom is -0.507 e. The van der Waals surface area contributed by atoms with Gasteiger partial charge < -0.3 is 24.2 Å². The van der Waals surface area contributed by atoms with Crippen LogP contribution in [0.2, 0.25) is 0 Å². The Morgan fingerprint density at radius 3 is 2.71 bits per heavy atom. The molecule has 3 aromatic rings. The molecule has 4 heterocycles. The van der Waals surface area contributed by atoms with E-state index in [1.165, 1.54) is 12.5 Å². The number of pyridine rings is 1. The summed E-state index contributed by atoms with van der Waals surface area (Å²) < 4.78 is 7.79. The number of carbonyl (C=O) groups excluding carboxylic acids is 1. The van der Waals surface area contributed by atoms with Crippen LogP contribution in [0.5, 0.6) is 11.5 Å². The SMILES string of the molecule is CN(C)CCCN1CCN(c2ccnc3c2c(C=C2Oc4cccc(O)c4C2=O)cn3C)CC1. The number of carbonyl (C=O) groups is 1. The molecule has 5 rings (SSSR count). The molecule has 2 aromatic heterocycles. The zero-order valence-electron chi connectivity index (χ0n) is 20.0. The Kier molecular flexibility index (Phi) is 6.02. The average molecular weight is 462 g/mol. The number of ketones is 1. The number of hydrogen-bond donors (Lipinski definition) is 1.